The molecule has 0 bridgehead atoms. The number of alkyl carbamates (subject to hydrolysis) is 1. The molecule has 5 nitrogen and oxygen atoms in total. The van der Waals surface area contributed by atoms with Crippen LogP contribution in [0, 0.1) is 0 Å². The van der Waals surface area contributed by atoms with Crippen LogP contribution in [0.2, 0.25) is 0 Å². The van der Waals surface area contributed by atoms with Crippen LogP contribution in [-0.2, 0) is 9.47 Å². The van der Waals surface area contributed by atoms with E-state index in [-0.39, 0.29) is 0 Å². The summed E-state index contributed by atoms with van der Waals surface area (Å²) in [6.45, 7) is 11.3. The molecule has 0 radical (unpaired) electrons. The van der Waals surface area contributed by atoms with E-state index in [0.29, 0.717) is 26.3 Å². The Hall–Kier alpha value is -0.810. The van der Waals surface area contributed by atoms with Crippen molar-refractivity contribution < 1.29 is 14.3 Å². The third kappa shape index (κ3) is 15.7. The van der Waals surface area contributed by atoms with Gasteiger partial charge < -0.3 is 20.5 Å². The molecule has 0 unspecified atom stereocenters. The lowest BCUT2D eigenvalue weighted by molar-refractivity contribution is 0.0501. The van der Waals surface area contributed by atoms with Gasteiger partial charge in [-0.1, -0.05) is 13.8 Å². The molecular formula is C11H26N2O3. The van der Waals surface area contributed by atoms with E-state index >= 15 is 0 Å². The van der Waals surface area contributed by atoms with E-state index in [0.717, 1.165) is 0 Å². The van der Waals surface area contributed by atoms with Gasteiger partial charge in [-0.05, 0) is 20.8 Å². The van der Waals surface area contributed by atoms with Crippen molar-refractivity contribution in [3.05, 3.63) is 0 Å². The van der Waals surface area contributed by atoms with Gasteiger partial charge in [-0.2, -0.15) is 0 Å². The standard InChI is InChI=1S/C9H20N2O3.C2H6/c1-9(2,3)14-8(12)11-5-7-13-6-4-10;1-2/h4-7,10H2,1-3H3,(H,11,12);1-2H3. The molecule has 0 heterocycles. The second-order valence-electron chi connectivity index (χ2n) is 3.83. The summed E-state index contributed by atoms with van der Waals surface area (Å²) < 4.78 is 10.1. The maximum Gasteiger partial charge on any atom is 0.407 e. The topological polar surface area (TPSA) is 73.6 Å². The lowest BCUT2D eigenvalue weighted by Crippen LogP contribution is -2.34. The van der Waals surface area contributed by atoms with E-state index in [9.17, 15) is 4.79 Å². The van der Waals surface area contributed by atoms with Crippen molar-refractivity contribution in [1.82, 2.24) is 5.32 Å². The van der Waals surface area contributed by atoms with Crippen LogP contribution >= 0.6 is 0 Å². The predicted octanol–water partition coefficient (Wildman–Crippen LogP) is 1.51. The number of nitrogens with two attached hydrogens (primary N) is 1. The predicted molar refractivity (Wildman–Crippen MR) is 65.5 cm³/mol. The molecule has 0 spiro atoms. The van der Waals surface area contributed by atoms with E-state index < -0.39 is 11.7 Å². The van der Waals surface area contributed by atoms with Gasteiger partial charge >= 0.3 is 6.09 Å². The molecule has 3 N–H and O–H groups in total. The molecule has 0 aliphatic heterocycles. The maximum atomic E-state index is 11.1. The molecule has 0 atom stereocenters. The fourth-order valence-corrected chi connectivity index (χ4v) is 0.725. The second kappa shape index (κ2) is 10.7. The molecule has 0 rings (SSSR count). The molecule has 0 aromatic heterocycles. The number of carbonyl (C=O) groups excluding carboxylic acids is 1. The molecule has 0 fully saturated rings. The number of carbonyl (C=O) groups is 1. The minimum atomic E-state index is -0.456. The molecule has 1 amide bonds. The fraction of sp³-hybridized carbons (Fsp3) is 0.909. The highest BCUT2D eigenvalue weighted by atomic mass is 16.6. The van der Waals surface area contributed by atoms with Gasteiger partial charge in [0.2, 0.25) is 0 Å². The Kier molecular flexibility index (Phi) is 11.8. The first-order chi connectivity index (χ1) is 7.45. The molecule has 98 valence electrons. The van der Waals surface area contributed by atoms with Gasteiger partial charge in [0.1, 0.15) is 5.60 Å². The lowest BCUT2D eigenvalue weighted by Gasteiger charge is -2.19. The van der Waals surface area contributed by atoms with Crippen molar-refractivity contribution in [2.24, 2.45) is 5.73 Å². The molecule has 5 heteroatoms. The van der Waals surface area contributed by atoms with Gasteiger partial charge in [0.25, 0.3) is 0 Å². The highest BCUT2D eigenvalue weighted by molar-refractivity contribution is 5.67. The van der Waals surface area contributed by atoms with Crippen LogP contribution in [0.15, 0.2) is 0 Å². The number of hydrogen-bond donors (Lipinski definition) is 2. The molecule has 0 aromatic carbocycles. The van der Waals surface area contributed by atoms with E-state index in [4.69, 9.17) is 15.2 Å². The molecule has 0 saturated carbocycles. The summed E-state index contributed by atoms with van der Waals surface area (Å²) in [5, 5.41) is 2.57. The monoisotopic (exact) mass is 234 g/mol. The fourth-order valence-electron chi connectivity index (χ4n) is 0.725. The van der Waals surface area contributed by atoms with E-state index in [1.165, 1.54) is 0 Å². The van der Waals surface area contributed by atoms with Gasteiger partial charge in [-0.25, -0.2) is 4.79 Å². The Morgan fingerprint density at radius 2 is 1.81 bits per heavy atom. The SMILES string of the molecule is CC.CC(C)(C)OC(=O)NCCOCCN. The first-order valence-corrected chi connectivity index (χ1v) is 5.70. The summed E-state index contributed by atoms with van der Waals surface area (Å²) >= 11 is 0. The van der Waals surface area contributed by atoms with Gasteiger partial charge in [-0.15, -0.1) is 0 Å². The molecule has 0 aliphatic rings. The van der Waals surface area contributed by atoms with Crippen molar-refractivity contribution in [2.75, 3.05) is 26.3 Å². The molecule has 0 saturated heterocycles. The van der Waals surface area contributed by atoms with Crippen molar-refractivity contribution in [3.8, 4) is 0 Å². The van der Waals surface area contributed by atoms with E-state index in [2.05, 4.69) is 5.32 Å². The lowest BCUT2D eigenvalue weighted by atomic mass is 10.2. The van der Waals surface area contributed by atoms with Gasteiger partial charge in [0.05, 0.1) is 13.2 Å². The number of amides is 1. The summed E-state index contributed by atoms with van der Waals surface area (Å²) in [4.78, 5) is 11.1. The normalized spacial score (nSPS) is 10.1. The van der Waals surface area contributed by atoms with Crippen LogP contribution in [0.1, 0.15) is 34.6 Å². The van der Waals surface area contributed by atoms with Crippen molar-refractivity contribution in [2.45, 2.75) is 40.2 Å². The number of ether oxygens (including phenoxy) is 2. The Labute approximate surface area is 98.7 Å². The van der Waals surface area contributed by atoms with Crippen LogP contribution in [0.3, 0.4) is 0 Å². The molecule has 0 aromatic rings. The Morgan fingerprint density at radius 1 is 1.25 bits per heavy atom. The zero-order valence-electron chi connectivity index (χ0n) is 11.1. The summed E-state index contributed by atoms with van der Waals surface area (Å²) in [7, 11) is 0. The summed E-state index contributed by atoms with van der Waals surface area (Å²) in [6, 6.07) is 0. The summed E-state index contributed by atoms with van der Waals surface area (Å²) in [5.74, 6) is 0. The Bertz CT molecular complexity index is 167. The average Bonchev–Trinajstić information content (AvgIpc) is 2.18. The largest absolute Gasteiger partial charge is 0.444 e. The van der Waals surface area contributed by atoms with Gasteiger partial charge in [-0.3, -0.25) is 0 Å². The molecule has 0 aliphatic carbocycles. The van der Waals surface area contributed by atoms with Crippen LogP contribution in [0.5, 0.6) is 0 Å². The number of hydrogen-bond acceptors (Lipinski definition) is 4. The Balaban J connectivity index is 0. The van der Waals surface area contributed by atoms with E-state index in [1.54, 1.807) is 0 Å². The smallest absolute Gasteiger partial charge is 0.407 e. The average molecular weight is 234 g/mol. The van der Waals surface area contributed by atoms with E-state index in [1.807, 2.05) is 34.6 Å². The van der Waals surface area contributed by atoms with Crippen LogP contribution < -0.4 is 11.1 Å². The van der Waals surface area contributed by atoms with Crippen molar-refractivity contribution >= 4 is 6.09 Å². The third-order valence-corrected chi connectivity index (χ3v) is 1.18. The van der Waals surface area contributed by atoms with Crippen LogP contribution in [0.4, 0.5) is 4.79 Å². The number of rotatable bonds is 5. The summed E-state index contributed by atoms with van der Waals surface area (Å²) in [6.07, 6.45) is -0.422. The van der Waals surface area contributed by atoms with Crippen LogP contribution in [0.25, 0.3) is 0 Å². The number of nitrogens with one attached hydrogen (secondary N) is 1. The zero-order chi connectivity index (χ0) is 13.0. The van der Waals surface area contributed by atoms with Crippen molar-refractivity contribution in [3.63, 3.8) is 0 Å². The highest BCUT2D eigenvalue weighted by Crippen LogP contribution is 2.05. The minimum Gasteiger partial charge on any atom is -0.444 e. The van der Waals surface area contributed by atoms with Gasteiger partial charge in [0, 0.05) is 13.1 Å². The first kappa shape index (κ1) is 17.6. The first-order valence-electron chi connectivity index (χ1n) is 5.70. The van der Waals surface area contributed by atoms with Gasteiger partial charge in [0.15, 0.2) is 0 Å². The minimum absolute atomic E-state index is 0.422. The highest BCUT2D eigenvalue weighted by Gasteiger charge is 2.15. The quantitative estimate of drug-likeness (QED) is 0.707. The summed E-state index contributed by atoms with van der Waals surface area (Å²) in [5.41, 5.74) is 4.76. The second-order valence-corrected chi connectivity index (χ2v) is 3.83. The molecular weight excluding hydrogens is 208 g/mol. The van der Waals surface area contributed by atoms with Crippen molar-refractivity contribution in [1.29, 1.82) is 0 Å². The molecule has 16 heavy (non-hydrogen) atoms. The third-order valence-electron chi connectivity index (χ3n) is 1.18. The maximum absolute atomic E-state index is 11.1. The zero-order valence-corrected chi connectivity index (χ0v) is 11.1. The Morgan fingerprint density at radius 3 is 2.25 bits per heavy atom. The van der Waals surface area contributed by atoms with Crippen LogP contribution in [-0.4, -0.2) is 38.0 Å².